The van der Waals surface area contributed by atoms with E-state index in [-0.39, 0.29) is 59.4 Å². The summed E-state index contributed by atoms with van der Waals surface area (Å²) in [5.41, 5.74) is 7.82. The number of hydrogen-bond acceptors (Lipinski definition) is 1. The zero-order valence-electron chi connectivity index (χ0n) is 12.1. The Kier molecular flexibility index (Phi) is 8.96. The first-order chi connectivity index (χ1) is 8.74. The van der Waals surface area contributed by atoms with Gasteiger partial charge in [-0.2, -0.15) is 0 Å². The molecule has 0 atom stereocenters. The van der Waals surface area contributed by atoms with Crippen molar-refractivity contribution in [3.05, 3.63) is 65.4 Å². The molecular formula is C16H17Cl2NSiZr. The molecule has 1 aliphatic carbocycles. The van der Waals surface area contributed by atoms with Gasteiger partial charge in [0.15, 0.2) is 0 Å². The predicted molar refractivity (Wildman–Crippen MR) is 81.6 cm³/mol. The van der Waals surface area contributed by atoms with Crippen LogP contribution in [-0.2, 0) is 26.2 Å². The van der Waals surface area contributed by atoms with Gasteiger partial charge in [-0.3, -0.25) is 0 Å². The van der Waals surface area contributed by atoms with Crippen molar-refractivity contribution in [2.75, 3.05) is 11.4 Å². The molecule has 108 valence electrons. The van der Waals surface area contributed by atoms with E-state index >= 15 is 0 Å². The molecule has 3 rings (SSSR count). The van der Waals surface area contributed by atoms with E-state index in [9.17, 15) is 0 Å². The molecule has 5 heteroatoms. The normalized spacial score (nSPS) is 14.6. The molecule has 0 fully saturated rings. The van der Waals surface area contributed by atoms with E-state index in [1.165, 1.54) is 22.5 Å². The summed E-state index contributed by atoms with van der Waals surface area (Å²) in [7, 11) is -0.313. The Morgan fingerprint density at radius 1 is 1.05 bits per heavy atom. The summed E-state index contributed by atoms with van der Waals surface area (Å²) < 4.78 is 0. The van der Waals surface area contributed by atoms with Crippen molar-refractivity contribution in [3.63, 3.8) is 0 Å². The Bertz CT molecular complexity index is 602. The van der Waals surface area contributed by atoms with Gasteiger partial charge in [0, 0.05) is 26.3 Å². The number of fused-ring (bicyclic) bond motifs is 1. The summed E-state index contributed by atoms with van der Waals surface area (Å²) >= 11 is 0. The van der Waals surface area contributed by atoms with Crippen LogP contribution in [0.5, 0.6) is 0 Å². The summed E-state index contributed by atoms with van der Waals surface area (Å²) in [5.74, 6) is 0. The molecule has 0 saturated heterocycles. The van der Waals surface area contributed by atoms with Crippen LogP contribution < -0.4 is 29.7 Å². The number of anilines is 1. The second-order valence-electron chi connectivity index (χ2n) is 5.00. The third-order valence-corrected chi connectivity index (χ3v) is 4.14. The molecule has 0 unspecified atom stereocenters. The fraction of sp³-hybridized carbons (Fsp3) is 0.188. The Morgan fingerprint density at radius 3 is 2.33 bits per heavy atom. The van der Waals surface area contributed by atoms with E-state index in [0.717, 1.165) is 6.54 Å². The second kappa shape index (κ2) is 9.05. The third-order valence-electron chi connectivity index (χ3n) is 3.23. The average Bonchev–Trinajstić information content (AvgIpc) is 2.88. The largest absolute Gasteiger partial charge is 2.00 e. The number of hydrogen-bond donors (Lipinski definition) is 0. The van der Waals surface area contributed by atoms with Crippen LogP contribution in [0, 0.1) is 0 Å². The fourth-order valence-corrected chi connectivity index (χ4v) is 3.32. The maximum absolute atomic E-state index is 2.42. The predicted octanol–water partition coefficient (Wildman–Crippen LogP) is -2.60. The molecule has 1 aliphatic heterocycles. The molecule has 0 saturated carbocycles. The molecule has 0 aromatic heterocycles. The van der Waals surface area contributed by atoms with E-state index in [0.29, 0.717) is 0 Å². The minimum Gasteiger partial charge on any atom is -1.00 e. The molecule has 0 spiro atoms. The summed E-state index contributed by atoms with van der Waals surface area (Å²) in [6, 6.07) is 10.6. The van der Waals surface area contributed by atoms with Gasteiger partial charge in [0.2, 0.25) is 0 Å². The van der Waals surface area contributed by atoms with Gasteiger partial charge < -0.3 is 29.7 Å². The SMILES string of the molecule is C[Si](C)=CC1=CC2=CCN(c3ccccc3)C2=C1.[Cl-].[Cl-].[Zr+2]. The molecule has 21 heavy (non-hydrogen) atoms. The molecule has 0 N–H and O–H groups in total. The number of rotatable bonds is 2. The quantitative estimate of drug-likeness (QED) is 0.481. The topological polar surface area (TPSA) is 3.24 Å². The van der Waals surface area contributed by atoms with E-state index in [2.05, 4.69) is 72.2 Å². The van der Waals surface area contributed by atoms with Gasteiger partial charge in [-0.1, -0.05) is 43.0 Å². The second-order valence-corrected chi connectivity index (χ2v) is 7.44. The van der Waals surface area contributed by atoms with E-state index < -0.39 is 0 Å². The summed E-state index contributed by atoms with van der Waals surface area (Å²) in [4.78, 5) is 2.38. The number of nitrogens with zero attached hydrogens (tertiary/aromatic N) is 1. The van der Waals surface area contributed by atoms with Crippen molar-refractivity contribution in [1.29, 1.82) is 0 Å². The van der Waals surface area contributed by atoms with Gasteiger partial charge >= 0.3 is 26.2 Å². The van der Waals surface area contributed by atoms with Gasteiger partial charge in [-0.25, -0.2) is 0 Å². The Balaban J connectivity index is 0.00000133. The Labute approximate surface area is 160 Å². The number of allylic oxidation sites excluding steroid dienone is 3. The van der Waals surface area contributed by atoms with Crippen LogP contribution >= 0.6 is 0 Å². The van der Waals surface area contributed by atoms with E-state index in [1.807, 2.05) is 0 Å². The van der Waals surface area contributed by atoms with Crippen molar-refractivity contribution in [1.82, 2.24) is 0 Å². The van der Waals surface area contributed by atoms with Crippen molar-refractivity contribution < 1.29 is 51.0 Å². The number of para-hydroxylation sites is 1. The van der Waals surface area contributed by atoms with Crippen LogP contribution in [0.4, 0.5) is 5.69 Å². The van der Waals surface area contributed by atoms with E-state index in [1.54, 1.807) is 0 Å². The van der Waals surface area contributed by atoms with Gasteiger partial charge in [-0.15, -0.1) is 0 Å². The van der Waals surface area contributed by atoms with Crippen LogP contribution in [0.15, 0.2) is 65.4 Å². The van der Waals surface area contributed by atoms with Crippen LogP contribution in [0.2, 0.25) is 13.1 Å². The van der Waals surface area contributed by atoms with Gasteiger partial charge in [-0.05, 0) is 35.4 Å². The Morgan fingerprint density at radius 2 is 1.71 bits per heavy atom. The first kappa shape index (κ1) is 20.8. The van der Waals surface area contributed by atoms with Gasteiger partial charge in [0.1, 0.15) is 0 Å². The summed E-state index contributed by atoms with van der Waals surface area (Å²) in [6.07, 6.45) is 6.96. The van der Waals surface area contributed by atoms with Gasteiger partial charge in [0.05, 0.1) is 0 Å². The molecule has 1 aromatic carbocycles. The third kappa shape index (κ3) is 4.63. The smallest absolute Gasteiger partial charge is 1.00 e. The zero-order valence-corrected chi connectivity index (χ0v) is 17.1. The van der Waals surface area contributed by atoms with E-state index in [4.69, 9.17) is 0 Å². The average molecular weight is 414 g/mol. The molecule has 1 heterocycles. The van der Waals surface area contributed by atoms with Gasteiger partial charge in [0.25, 0.3) is 0 Å². The van der Waals surface area contributed by atoms with Crippen molar-refractivity contribution in [2.24, 2.45) is 0 Å². The number of benzene rings is 1. The van der Waals surface area contributed by atoms with Crippen LogP contribution in [0.1, 0.15) is 0 Å². The fourth-order valence-electron chi connectivity index (χ4n) is 2.49. The molecule has 1 nitrogen and oxygen atoms in total. The minimum absolute atomic E-state index is 0. The number of halogens is 2. The van der Waals surface area contributed by atoms with Crippen LogP contribution in [0.3, 0.4) is 0 Å². The molecule has 0 radical (unpaired) electrons. The first-order valence-electron chi connectivity index (χ1n) is 6.35. The molecule has 2 aliphatic rings. The summed E-state index contributed by atoms with van der Waals surface area (Å²) in [6.45, 7) is 5.63. The maximum Gasteiger partial charge on any atom is 2.00 e. The maximum atomic E-state index is 2.42. The summed E-state index contributed by atoms with van der Waals surface area (Å²) in [5, 5.41) is 0. The zero-order chi connectivity index (χ0) is 12.5. The van der Waals surface area contributed by atoms with Crippen molar-refractivity contribution in [2.45, 2.75) is 13.1 Å². The van der Waals surface area contributed by atoms with Crippen molar-refractivity contribution in [3.8, 4) is 0 Å². The van der Waals surface area contributed by atoms with Crippen molar-refractivity contribution >= 4 is 19.8 Å². The Hall–Kier alpha value is -0.210. The molecule has 1 aromatic rings. The molecule has 0 amide bonds. The van der Waals surface area contributed by atoms with Crippen LogP contribution in [-0.4, -0.2) is 20.6 Å². The molecular weight excluding hydrogens is 396 g/mol. The van der Waals surface area contributed by atoms with Crippen LogP contribution in [0.25, 0.3) is 0 Å². The monoisotopic (exact) mass is 411 g/mol. The first-order valence-corrected chi connectivity index (χ1v) is 8.93. The molecule has 0 bridgehead atoms. The minimum atomic E-state index is -0.313. The standard InChI is InChI=1S/C16H17NSi.2ClH.Zr/c1-18(2)12-13-10-14-8-9-17(16(14)11-13)15-6-4-3-5-7-15;;;/h3-8,10-12H,9H2,1-2H3;2*1H;/q;;;+2/p-2.